The second-order valence-electron chi connectivity index (χ2n) is 8.53. The van der Waals surface area contributed by atoms with Crippen LogP contribution < -0.4 is 4.74 Å². The minimum absolute atomic E-state index is 0.201. The molecule has 0 N–H and O–H groups in total. The van der Waals surface area contributed by atoms with Crippen molar-refractivity contribution in [3.63, 3.8) is 0 Å². The summed E-state index contributed by atoms with van der Waals surface area (Å²) in [6.07, 6.45) is 0. The summed E-state index contributed by atoms with van der Waals surface area (Å²) in [7, 11) is 1.68. The highest BCUT2D eigenvalue weighted by atomic mass is 16.5. The fourth-order valence-corrected chi connectivity index (χ4v) is 4.36. The summed E-state index contributed by atoms with van der Waals surface area (Å²) in [5, 5.41) is 12.8. The highest BCUT2D eigenvalue weighted by Gasteiger charge is 2.31. The number of hydrogen-bond donors (Lipinski definition) is 0. The molecule has 1 atom stereocenters. The second-order valence-corrected chi connectivity index (χ2v) is 8.53. The molecule has 164 valence electrons. The van der Waals surface area contributed by atoms with Crippen LogP contribution in [0.4, 0.5) is 0 Å². The van der Waals surface area contributed by atoms with Crippen LogP contribution in [-0.2, 0) is 13.1 Å². The van der Waals surface area contributed by atoms with E-state index in [-0.39, 0.29) is 6.04 Å². The molecule has 3 aromatic rings. The molecule has 7 nitrogen and oxygen atoms in total. The molecule has 31 heavy (non-hydrogen) atoms. The van der Waals surface area contributed by atoms with Gasteiger partial charge in [-0.3, -0.25) is 9.80 Å². The van der Waals surface area contributed by atoms with Crippen LogP contribution in [0.25, 0.3) is 0 Å². The Hall–Kier alpha value is -2.77. The number of tetrazole rings is 1. The van der Waals surface area contributed by atoms with Crippen molar-refractivity contribution in [2.24, 2.45) is 5.92 Å². The molecule has 2 heterocycles. The number of hydrogen-bond acceptors (Lipinski definition) is 6. The lowest BCUT2D eigenvalue weighted by Crippen LogP contribution is -2.48. The van der Waals surface area contributed by atoms with E-state index in [1.165, 1.54) is 5.56 Å². The van der Waals surface area contributed by atoms with Crippen LogP contribution in [0.1, 0.15) is 36.8 Å². The molecular weight excluding hydrogens is 388 g/mol. The van der Waals surface area contributed by atoms with E-state index >= 15 is 0 Å². The fraction of sp³-hybridized carbons (Fsp3) is 0.458. The third-order valence-electron chi connectivity index (χ3n) is 6.00. The van der Waals surface area contributed by atoms with E-state index in [9.17, 15) is 0 Å². The Balaban J connectivity index is 1.43. The summed E-state index contributed by atoms with van der Waals surface area (Å²) in [6.45, 7) is 10.3. The van der Waals surface area contributed by atoms with Crippen molar-refractivity contribution in [3.05, 3.63) is 71.5 Å². The molecule has 0 amide bonds. The number of rotatable bonds is 8. The van der Waals surface area contributed by atoms with Gasteiger partial charge in [-0.15, -0.1) is 5.10 Å². The van der Waals surface area contributed by atoms with E-state index in [0.29, 0.717) is 12.5 Å². The first-order valence-corrected chi connectivity index (χ1v) is 11.0. The van der Waals surface area contributed by atoms with Crippen molar-refractivity contribution >= 4 is 0 Å². The summed E-state index contributed by atoms with van der Waals surface area (Å²) in [6, 6.07) is 19.0. The highest BCUT2D eigenvalue weighted by Crippen LogP contribution is 2.28. The average molecular weight is 421 g/mol. The molecule has 1 aliphatic heterocycles. The van der Waals surface area contributed by atoms with E-state index in [0.717, 1.165) is 49.9 Å². The number of ether oxygens (including phenoxy) is 1. The minimum Gasteiger partial charge on any atom is -0.497 e. The summed E-state index contributed by atoms with van der Waals surface area (Å²) >= 11 is 0. The first-order valence-electron chi connectivity index (χ1n) is 11.0. The van der Waals surface area contributed by atoms with Gasteiger partial charge in [0.15, 0.2) is 5.82 Å². The molecule has 0 unspecified atom stereocenters. The number of aromatic nitrogens is 4. The van der Waals surface area contributed by atoms with Crippen LogP contribution in [0.5, 0.6) is 5.75 Å². The second kappa shape index (κ2) is 10.0. The van der Waals surface area contributed by atoms with Gasteiger partial charge in [0.2, 0.25) is 0 Å². The Morgan fingerprint density at radius 2 is 1.55 bits per heavy atom. The molecule has 1 aliphatic rings. The van der Waals surface area contributed by atoms with Gasteiger partial charge < -0.3 is 4.74 Å². The van der Waals surface area contributed by atoms with Crippen LogP contribution in [0, 0.1) is 5.92 Å². The average Bonchev–Trinajstić information content (AvgIpc) is 3.23. The summed E-state index contributed by atoms with van der Waals surface area (Å²) in [5.41, 5.74) is 2.53. The number of methoxy groups -OCH3 is 1. The fourth-order valence-electron chi connectivity index (χ4n) is 4.36. The molecule has 2 aromatic carbocycles. The summed E-state index contributed by atoms with van der Waals surface area (Å²) < 4.78 is 7.21. The Bertz CT molecular complexity index is 932. The van der Waals surface area contributed by atoms with Gasteiger partial charge in [-0.05, 0) is 39.6 Å². The van der Waals surface area contributed by atoms with E-state index in [1.54, 1.807) is 7.11 Å². The van der Waals surface area contributed by atoms with Gasteiger partial charge in [0.25, 0.3) is 0 Å². The molecule has 7 heteroatoms. The van der Waals surface area contributed by atoms with Crippen molar-refractivity contribution in [1.82, 2.24) is 30.0 Å². The van der Waals surface area contributed by atoms with Crippen molar-refractivity contribution in [1.29, 1.82) is 0 Å². The van der Waals surface area contributed by atoms with Gasteiger partial charge in [0.1, 0.15) is 5.75 Å². The summed E-state index contributed by atoms with van der Waals surface area (Å²) in [5.74, 6) is 2.22. The Morgan fingerprint density at radius 1 is 0.871 bits per heavy atom. The summed E-state index contributed by atoms with van der Waals surface area (Å²) in [4.78, 5) is 5.08. The van der Waals surface area contributed by atoms with E-state index in [4.69, 9.17) is 4.74 Å². The van der Waals surface area contributed by atoms with Crippen molar-refractivity contribution in [2.45, 2.75) is 33.0 Å². The minimum atomic E-state index is 0.201. The number of nitrogens with zero attached hydrogens (tertiary/aromatic N) is 6. The maximum absolute atomic E-state index is 5.27. The van der Waals surface area contributed by atoms with Gasteiger partial charge in [0, 0.05) is 32.7 Å². The number of piperazine rings is 1. The SMILES string of the molecule is COc1ccc(Cn2nnnc2[C@@H](C(C)C)N2CCN(Cc3ccccc3)CC2)cc1. The lowest BCUT2D eigenvalue weighted by molar-refractivity contribution is 0.0664. The van der Waals surface area contributed by atoms with Crippen LogP contribution in [0.15, 0.2) is 54.6 Å². The molecule has 1 fully saturated rings. The molecule has 0 bridgehead atoms. The monoisotopic (exact) mass is 420 g/mol. The van der Waals surface area contributed by atoms with Gasteiger partial charge >= 0.3 is 0 Å². The molecule has 4 rings (SSSR count). The largest absolute Gasteiger partial charge is 0.497 e. The quantitative estimate of drug-likeness (QED) is 0.558. The van der Waals surface area contributed by atoms with Gasteiger partial charge in [-0.2, -0.15) is 0 Å². The lowest BCUT2D eigenvalue weighted by atomic mass is 10.0. The zero-order valence-electron chi connectivity index (χ0n) is 18.7. The number of benzene rings is 2. The predicted octanol–water partition coefficient (Wildman–Crippen LogP) is 3.24. The smallest absolute Gasteiger partial charge is 0.169 e. The molecule has 0 saturated carbocycles. The zero-order chi connectivity index (χ0) is 21.6. The molecule has 1 aromatic heterocycles. The van der Waals surface area contributed by atoms with Crippen molar-refractivity contribution in [2.75, 3.05) is 33.3 Å². The molecular formula is C24H32N6O. The van der Waals surface area contributed by atoms with E-state index < -0.39 is 0 Å². The Kier molecular flexibility index (Phi) is 6.94. The van der Waals surface area contributed by atoms with Crippen LogP contribution in [0.2, 0.25) is 0 Å². The molecule has 0 spiro atoms. The zero-order valence-corrected chi connectivity index (χ0v) is 18.7. The van der Waals surface area contributed by atoms with Crippen LogP contribution in [0.3, 0.4) is 0 Å². The third kappa shape index (κ3) is 5.29. The van der Waals surface area contributed by atoms with Crippen molar-refractivity contribution in [3.8, 4) is 5.75 Å². The molecule has 0 aliphatic carbocycles. The molecule has 1 saturated heterocycles. The first-order chi connectivity index (χ1) is 15.1. The maximum Gasteiger partial charge on any atom is 0.169 e. The third-order valence-corrected chi connectivity index (χ3v) is 6.00. The van der Waals surface area contributed by atoms with Gasteiger partial charge in [-0.25, -0.2) is 4.68 Å². The van der Waals surface area contributed by atoms with Crippen LogP contribution >= 0.6 is 0 Å². The maximum atomic E-state index is 5.27. The normalized spacial score (nSPS) is 16.5. The topological polar surface area (TPSA) is 59.3 Å². The standard InChI is InChI=1S/C24H32N6O/c1-19(2)23(29-15-13-28(14-16-29)17-20-7-5-4-6-8-20)24-25-26-27-30(24)18-21-9-11-22(31-3)12-10-21/h4-12,19,23H,13-18H2,1-3H3/t23-/m1/s1. The first kappa shape index (κ1) is 21.5. The molecule has 0 radical (unpaired) electrons. The van der Waals surface area contributed by atoms with E-state index in [1.807, 2.05) is 16.8 Å². The Morgan fingerprint density at radius 3 is 2.19 bits per heavy atom. The van der Waals surface area contributed by atoms with Gasteiger partial charge in [-0.1, -0.05) is 56.3 Å². The van der Waals surface area contributed by atoms with Crippen LogP contribution in [-0.4, -0.2) is 63.3 Å². The lowest BCUT2D eigenvalue weighted by Gasteiger charge is -2.40. The van der Waals surface area contributed by atoms with Crippen molar-refractivity contribution < 1.29 is 4.74 Å². The highest BCUT2D eigenvalue weighted by molar-refractivity contribution is 5.27. The van der Waals surface area contributed by atoms with Gasteiger partial charge in [0.05, 0.1) is 19.7 Å². The van der Waals surface area contributed by atoms with E-state index in [2.05, 4.69) is 81.6 Å². The Labute approximate surface area is 184 Å². The predicted molar refractivity (Wildman–Crippen MR) is 121 cm³/mol.